The van der Waals surface area contributed by atoms with E-state index in [-0.39, 0.29) is 4.99 Å². The molecule has 0 radical (unpaired) electrons. The van der Waals surface area contributed by atoms with Gasteiger partial charge in [-0.1, -0.05) is 28.1 Å². The average Bonchev–Trinajstić information content (AvgIpc) is 2.33. The van der Waals surface area contributed by atoms with Gasteiger partial charge in [0.05, 0.1) is 16.9 Å². The molecule has 0 fully saturated rings. The molecule has 0 aliphatic carbocycles. The van der Waals surface area contributed by atoms with Crippen molar-refractivity contribution in [2.24, 2.45) is 5.73 Å². The summed E-state index contributed by atoms with van der Waals surface area (Å²) in [5.41, 5.74) is 5.90. The van der Waals surface area contributed by atoms with Crippen molar-refractivity contribution in [2.45, 2.75) is 0 Å². The lowest BCUT2D eigenvalue weighted by molar-refractivity contribution is 0.457. The second-order valence-corrected chi connectivity index (χ2v) is 5.49. The molecule has 0 aliphatic heterocycles. The van der Waals surface area contributed by atoms with Crippen molar-refractivity contribution in [3.63, 3.8) is 0 Å². The summed E-state index contributed by atoms with van der Waals surface area (Å²) >= 11 is 11.6. The number of nitrogens with two attached hydrogens (primary N) is 1. The zero-order valence-electron chi connectivity index (χ0n) is 8.93. The average molecular weight is 389 g/mol. The molecule has 0 spiro atoms. The van der Waals surface area contributed by atoms with Gasteiger partial charge in [0.2, 0.25) is 5.88 Å². The smallest absolute Gasteiger partial charge is 0.237 e. The van der Waals surface area contributed by atoms with Crippen LogP contribution in [-0.2, 0) is 0 Å². The maximum Gasteiger partial charge on any atom is 0.237 e. The Bertz CT molecular complexity index is 589. The van der Waals surface area contributed by atoms with Gasteiger partial charge < -0.3 is 10.5 Å². The van der Waals surface area contributed by atoms with E-state index in [9.17, 15) is 0 Å². The molecule has 2 aromatic rings. The Morgan fingerprint density at radius 2 is 2.00 bits per heavy atom. The van der Waals surface area contributed by atoms with Crippen molar-refractivity contribution < 1.29 is 4.74 Å². The van der Waals surface area contributed by atoms with E-state index >= 15 is 0 Å². The molecule has 7 heteroatoms. The number of aromatic nitrogens is 2. The molecule has 0 aliphatic rings. The van der Waals surface area contributed by atoms with Crippen molar-refractivity contribution in [3.8, 4) is 11.6 Å². The Morgan fingerprint density at radius 3 is 2.56 bits per heavy atom. The first-order valence-corrected chi connectivity index (χ1v) is 6.80. The van der Waals surface area contributed by atoms with Gasteiger partial charge in [-0.2, -0.15) is 0 Å². The summed E-state index contributed by atoms with van der Waals surface area (Å²) in [6.07, 6.45) is 2.95. The summed E-state index contributed by atoms with van der Waals surface area (Å²) in [7, 11) is 0. The van der Waals surface area contributed by atoms with E-state index in [2.05, 4.69) is 41.8 Å². The van der Waals surface area contributed by atoms with Crippen molar-refractivity contribution in [3.05, 3.63) is 45.2 Å². The van der Waals surface area contributed by atoms with Crippen LogP contribution in [0.25, 0.3) is 0 Å². The largest absolute Gasteiger partial charge is 0.436 e. The third kappa shape index (κ3) is 3.24. The Hall–Kier alpha value is -1.05. The van der Waals surface area contributed by atoms with Crippen LogP contribution >= 0.6 is 44.1 Å². The molecule has 1 aromatic carbocycles. The summed E-state index contributed by atoms with van der Waals surface area (Å²) in [6.45, 7) is 0. The molecule has 0 amide bonds. The summed E-state index contributed by atoms with van der Waals surface area (Å²) in [5, 5.41) is 0. The molecule has 0 saturated carbocycles. The molecular formula is C11H7Br2N3OS. The second kappa shape index (κ2) is 5.73. The van der Waals surface area contributed by atoms with Gasteiger partial charge in [-0.15, -0.1) is 0 Å². The number of rotatable bonds is 3. The van der Waals surface area contributed by atoms with Gasteiger partial charge in [-0.05, 0) is 34.1 Å². The highest BCUT2D eigenvalue weighted by atomic mass is 79.9. The van der Waals surface area contributed by atoms with Gasteiger partial charge in [0.25, 0.3) is 0 Å². The Kier molecular flexibility index (Phi) is 4.26. The maximum atomic E-state index is 5.57. The van der Waals surface area contributed by atoms with Crippen molar-refractivity contribution in [1.82, 2.24) is 9.97 Å². The maximum absolute atomic E-state index is 5.57. The van der Waals surface area contributed by atoms with E-state index in [0.29, 0.717) is 17.3 Å². The molecule has 2 N–H and O–H groups in total. The van der Waals surface area contributed by atoms with E-state index in [1.807, 2.05) is 18.2 Å². The fourth-order valence-electron chi connectivity index (χ4n) is 1.17. The minimum atomic E-state index is 0.207. The fourth-order valence-corrected chi connectivity index (χ4v) is 2.40. The van der Waals surface area contributed by atoms with Gasteiger partial charge in [0, 0.05) is 4.47 Å². The highest BCUT2D eigenvalue weighted by Crippen LogP contribution is 2.30. The molecule has 1 aromatic heterocycles. The Morgan fingerprint density at radius 1 is 1.22 bits per heavy atom. The lowest BCUT2D eigenvalue weighted by atomic mass is 10.3. The Balaban J connectivity index is 2.21. The lowest BCUT2D eigenvalue weighted by Gasteiger charge is -2.07. The van der Waals surface area contributed by atoms with Crippen molar-refractivity contribution in [2.75, 3.05) is 0 Å². The SMILES string of the molecule is NC(=S)c1cnc(Oc2ccc(Br)cc2Br)cn1. The van der Waals surface area contributed by atoms with Crippen molar-refractivity contribution >= 4 is 49.1 Å². The molecule has 92 valence electrons. The van der Waals surface area contributed by atoms with Gasteiger partial charge >= 0.3 is 0 Å². The molecule has 18 heavy (non-hydrogen) atoms. The third-order valence-electron chi connectivity index (χ3n) is 1.99. The van der Waals surface area contributed by atoms with Gasteiger partial charge in [0.15, 0.2) is 0 Å². The fraction of sp³-hybridized carbons (Fsp3) is 0. The second-order valence-electron chi connectivity index (χ2n) is 3.28. The first-order valence-electron chi connectivity index (χ1n) is 4.81. The van der Waals surface area contributed by atoms with E-state index in [1.54, 1.807) is 0 Å². The molecule has 1 heterocycles. The first kappa shape index (κ1) is 13.4. The highest BCUT2D eigenvalue weighted by molar-refractivity contribution is 9.11. The summed E-state index contributed by atoms with van der Waals surface area (Å²) in [5.74, 6) is 1.02. The molecule has 0 unspecified atom stereocenters. The normalized spacial score (nSPS) is 10.1. The van der Waals surface area contributed by atoms with Gasteiger partial charge in [0.1, 0.15) is 16.4 Å². The van der Waals surface area contributed by atoms with Crippen LogP contribution in [0.5, 0.6) is 11.6 Å². The quantitative estimate of drug-likeness (QED) is 0.816. The Labute approximate surface area is 126 Å². The van der Waals surface area contributed by atoms with Gasteiger partial charge in [-0.3, -0.25) is 0 Å². The summed E-state index contributed by atoms with van der Waals surface area (Å²) < 4.78 is 7.35. The number of hydrogen-bond acceptors (Lipinski definition) is 4. The molecule has 0 atom stereocenters. The molecule has 0 saturated heterocycles. The standard InChI is InChI=1S/C11H7Br2N3OS/c12-6-1-2-9(7(13)3-6)17-10-5-15-8(4-16-10)11(14)18/h1-5H,(H2,14,18). The number of benzene rings is 1. The number of nitrogens with zero attached hydrogens (tertiary/aromatic N) is 2. The predicted octanol–water partition coefficient (Wildman–Crippen LogP) is 3.43. The lowest BCUT2D eigenvalue weighted by Crippen LogP contribution is -2.11. The number of halogens is 2. The minimum Gasteiger partial charge on any atom is -0.436 e. The van der Waals surface area contributed by atoms with Crippen LogP contribution in [0.15, 0.2) is 39.5 Å². The number of thiocarbonyl (C=S) groups is 1. The summed E-state index contributed by atoms with van der Waals surface area (Å²) in [4.78, 5) is 8.32. The molecule has 2 rings (SSSR count). The molecule has 0 bridgehead atoms. The third-order valence-corrected chi connectivity index (χ3v) is 3.31. The zero-order valence-corrected chi connectivity index (χ0v) is 12.9. The summed E-state index contributed by atoms with van der Waals surface area (Å²) in [6, 6.07) is 5.57. The van der Waals surface area contributed by atoms with E-state index in [0.717, 1.165) is 8.95 Å². The topological polar surface area (TPSA) is 61.0 Å². The first-order chi connectivity index (χ1) is 8.56. The van der Waals surface area contributed by atoms with Crippen LogP contribution in [0.1, 0.15) is 5.69 Å². The van der Waals surface area contributed by atoms with Crippen LogP contribution in [0.4, 0.5) is 0 Å². The van der Waals surface area contributed by atoms with Crippen LogP contribution in [0, 0.1) is 0 Å². The van der Waals surface area contributed by atoms with Crippen LogP contribution < -0.4 is 10.5 Å². The zero-order chi connectivity index (χ0) is 13.1. The van der Waals surface area contributed by atoms with E-state index < -0.39 is 0 Å². The van der Waals surface area contributed by atoms with Crippen LogP contribution in [0.2, 0.25) is 0 Å². The molecule has 4 nitrogen and oxygen atoms in total. The number of ether oxygens (including phenoxy) is 1. The molecular weight excluding hydrogens is 382 g/mol. The van der Waals surface area contributed by atoms with Crippen molar-refractivity contribution in [1.29, 1.82) is 0 Å². The predicted molar refractivity (Wildman–Crippen MR) is 79.8 cm³/mol. The van der Waals surface area contributed by atoms with E-state index in [1.165, 1.54) is 12.4 Å². The van der Waals surface area contributed by atoms with Crippen LogP contribution in [0.3, 0.4) is 0 Å². The van der Waals surface area contributed by atoms with Crippen LogP contribution in [-0.4, -0.2) is 15.0 Å². The van der Waals surface area contributed by atoms with Gasteiger partial charge in [-0.25, -0.2) is 9.97 Å². The van der Waals surface area contributed by atoms with E-state index in [4.69, 9.17) is 22.7 Å². The monoisotopic (exact) mass is 387 g/mol. The highest BCUT2D eigenvalue weighted by Gasteiger charge is 2.05. The number of hydrogen-bond donors (Lipinski definition) is 1. The minimum absolute atomic E-state index is 0.207.